The Morgan fingerprint density at radius 1 is 0.966 bits per heavy atom. The van der Waals surface area contributed by atoms with E-state index in [2.05, 4.69) is 22.3 Å². The van der Waals surface area contributed by atoms with Gasteiger partial charge in [0.25, 0.3) is 0 Å². The largest absolute Gasteiger partial charge is 0.497 e. The summed E-state index contributed by atoms with van der Waals surface area (Å²) in [5.74, 6) is 2.21. The maximum absolute atomic E-state index is 5.56. The number of hydrogen-bond donors (Lipinski definition) is 0. The normalized spacial score (nSPS) is 11.0. The SMILES string of the molecule is COc1ccc(-n2nnn(CN(C)Cc3cc(OC)c(OC)cc3C)c2=S)cc1. The fourth-order valence-corrected chi connectivity index (χ4v) is 3.25. The molecule has 1 aromatic heterocycles. The number of ether oxygens (including phenoxy) is 3. The first-order valence-electron chi connectivity index (χ1n) is 9.04. The van der Waals surface area contributed by atoms with Crippen LogP contribution in [0.3, 0.4) is 0 Å². The van der Waals surface area contributed by atoms with Gasteiger partial charge >= 0.3 is 0 Å². The van der Waals surface area contributed by atoms with Crippen molar-refractivity contribution in [3.63, 3.8) is 0 Å². The Hall–Kier alpha value is -2.91. The third kappa shape index (κ3) is 4.57. The minimum atomic E-state index is 0.503. The molecule has 29 heavy (non-hydrogen) atoms. The Kier molecular flexibility index (Phi) is 6.50. The Morgan fingerprint density at radius 2 is 1.62 bits per heavy atom. The van der Waals surface area contributed by atoms with Crippen LogP contribution in [0.25, 0.3) is 5.69 Å². The molecule has 0 saturated heterocycles. The molecule has 0 aliphatic heterocycles. The van der Waals surface area contributed by atoms with E-state index in [4.69, 9.17) is 26.4 Å². The van der Waals surface area contributed by atoms with Crippen molar-refractivity contribution in [2.45, 2.75) is 20.1 Å². The van der Waals surface area contributed by atoms with Crippen molar-refractivity contribution in [1.82, 2.24) is 24.7 Å². The average Bonchev–Trinajstić information content (AvgIpc) is 3.09. The van der Waals surface area contributed by atoms with Crippen molar-refractivity contribution in [1.29, 1.82) is 0 Å². The van der Waals surface area contributed by atoms with Gasteiger partial charge in [-0.15, -0.1) is 0 Å². The van der Waals surface area contributed by atoms with Gasteiger partial charge in [0, 0.05) is 6.54 Å². The summed E-state index contributed by atoms with van der Waals surface area (Å²) in [4.78, 5) is 2.11. The quantitative estimate of drug-likeness (QED) is 0.523. The second-order valence-electron chi connectivity index (χ2n) is 6.66. The molecular weight excluding hydrogens is 390 g/mol. The molecular formula is C20H25N5O3S. The Bertz CT molecular complexity index is 1030. The lowest BCUT2D eigenvalue weighted by Crippen LogP contribution is -2.23. The van der Waals surface area contributed by atoms with Gasteiger partial charge in [-0.25, -0.2) is 4.68 Å². The fourth-order valence-electron chi connectivity index (χ4n) is 3.01. The summed E-state index contributed by atoms with van der Waals surface area (Å²) < 4.78 is 19.8. The highest BCUT2D eigenvalue weighted by Gasteiger charge is 2.12. The molecule has 0 fully saturated rings. The summed E-state index contributed by atoms with van der Waals surface area (Å²) in [6.07, 6.45) is 0. The number of tetrazole rings is 1. The second-order valence-corrected chi connectivity index (χ2v) is 7.03. The molecule has 8 nitrogen and oxygen atoms in total. The number of methoxy groups -OCH3 is 3. The average molecular weight is 416 g/mol. The summed E-state index contributed by atoms with van der Waals surface area (Å²) in [6, 6.07) is 11.5. The maximum Gasteiger partial charge on any atom is 0.221 e. The zero-order valence-corrected chi connectivity index (χ0v) is 18.1. The first kappa shape index (κ1) is 20.8. The van der Waals surface area contributed by atoms with Crippen LogP contribution in [0.1, 0.15) is 11.1 Å². The minimum Gasteiger partial charge on any atom is -0.497 e. The molecule has 0 saturated carbocycles. The number of aromatic nitrogens is 4. The van der Waals surface area contributed by atoms with Crippen LogP contribution in [0.2, 0.25) is 0 Å². The molecule has 0 radical (unpaired) electrons. The predicted octanol–water partition coefficient (Wildman–Crippen LogP) is 3.22. The third-order valence-corrected chi connectivity index (χ3v) is 5.00. The van der Waals surface area contributed by atoms with Crippen LogP contribution >= 0.6 is 12.2 Å². The van der Waals surface area contributed by atoms with Crippen LogP contribution < -0.4 is 14.2 Å². The van der Waals surface area contributed by atoms with Gasteiger partial charge in [-0.2, -0.15) is 4.68 Å². The highest BCUT2D eigenvalue weighted by Crippen LogP contribution is 2.30. The highest BCUT2D eigenvalue weighted by atomic mass is 32.1. The van der Waals surface area contributed by atoms with Gasteiger partial charge < -0.3 is 14.2 Å². The first-order chi connectivity index (χ1) is 14.0. The standard InChI is InChI=1S/C20H25N5O3S/c1-14-10-18(27-4)19(28-5)11-15(14)12-23(2)13-24-20(29)25(22-21-24)16-6-8-17(26-3)9-7-16/h6-11H,12-13H2,1-5H3. The van der Waals surface area contributed by atoms with Gasteiger partial charge in [0.1, 0.15) is 5.75 Å². The lowest BCUT2D eigenvalue weighted by Gasteiger charge is -2.19. The summed E-state index contributed by atoms with van der Waals surface area (Å²) in [7, 11) is 6.91. The Labute approximate surface area is 175 Å². The number of hydrogen-bond acceptors (Lipinski definition) is 7. The first-order valence-corrected chi connectivity index (χ1v) is 9.45. The van der Waals surface area contributed by atoms with E-state index in [0.717, 1.165) is 28.3 Å². The van der Waals surface area contributed by atoms with Crippen molar-refractivity contribution < 1.29 is 14.2 Å². The van der Waals surface area contributed by atoms with Crippen molar-refractivity contribution >= 4 is 12.2 Å². The molecule has 1 heterocycles. The molecule has 0 N–H and O–H groups in total. The zero-order chi connectivity index (χ0) is 21.0. The van der Waals surface area contributed by atoms with E-state index in [-0.39, 0.29) is 0 Å². The summed E-state index contributed by atoms with van der Waals surface area (Å²) >= 11 is 5.56. The van der Waals surface area contributed by atoms with Crippen LogP contribution in [0.15, 0.2) is 36.4 Å². The topological polar surface area (TPSA) is 66.6 Å². The van der Waals surface area contributed by atoms with Crippen LogP contribution in [-0.4, -0.2) is 53.1 Å². The third-order valence-electron chi connectivity index (χ3n) is 4.61. The van der Waals surface area contributed by atoms with E-state index >= 15 is 0 Å². The lowest BCUT2D eigenvalue weighted by atomic mass is 10.1. The van der Waals surface area contributed by atoms with E-state index in [9.17, 15) is 0 Å². The molecule has 0 amide bonds. The number of aryl methyl sites for hydroxylation is 1. The molecule has 9 heteroatoms. The summed E-state index contributed by atoms with van der Waals surface area (Å²) in [6.45, 7) is 3.25. The molecule has 0 bridgehead atoms. The predicted molar refractivity (Wildman–Crippen MR) is 112 cm³/mol. The molecule has 0 spiro atoms. The number of rotatable bonds is 8. The fraction of sp³-hybridized carbons (Fsp3) is 0.350. The molecule has 0 aliphatic carbocycles. The molecule has 3 aromatic rings. The smallest absolute Gasteiger partial charge is 0.221 e. The molecule has 2 aromatic carbocycles. The van der Waals surface area contributed by atoms with Crippen molar-refractivity contribution in [3.8, 4) is 22.9 Å². The summed E-state index contributed by atoms with van der Waals surface area (Å²) in [5.41, 5.74) is 3.10. The van der Waals surface area contributed by atoms with E-state index in [0.29, 0.717) is 23.7 Å². The molecule has 0 unspecified atom stereocenters. The van der Waals surface area contributed by atoms with Crippen LogP contribution in [-0.2, 0) is 13.2 Å². The van der Waals surface area contributed by atoms with E-state index in [1.54, 1.807) is 30.7 Å². The monoisotopic (exact) mass is 415 g/mol. The van der Waals surface area contributed by atoms with Gasteiger partial charge in [-0.1, -0.05) is 0 Å². The second kappa shape index (κ2) is 9.06. The van der Waals surface area contributed by atoms with Crippen molar-refractivity contribution in [2.24, 2.45) is 0 Å². The van der Waals surface area contributed by atoms with Gasteiger partial charge in [0.05, 0.1) is 33.7 Å². The van der Waals surface area contributed by atoms with Crippen molar-refractivity contribution in [2.75, 3.05) is 28.4 Å². The Balaban J connectivity index is 1.75. The maximum atomic E-state index is 5.56. The number of benzene rings is 2. The van der Waals surface area contributed by atoms with Crippen molar-refractivity contribution in [3.05, 3.63) is 52.3 Å². The molecule has 3 rings (SSSR count). The van der Waals surface area contributed by atoms with Gasteiger partial charge in [0.15, 0.2) is 11.5 Å². The molecule has 154 valence electrons. The van der Waals surface area contributed by atoms with E-state index < -0.39 is 0 Å². The Morgan fingerprint density at radius 3 is 2.24 bits per heavy atom. The number of nitrogens with zero attached hydrogens (tertiary/aromatic N) is 5. The van der Waals surface area contributed by atoms with Crippen LogP contribution in [0.5, 0.6) is 17.2 Å². The minimum absolute atomic E-state index is 0.503. The summed E-state index contributed by atoms with van der Waals surface area (Å²) in [5, 5.41) is 8.40. The van der Waals surface area contributed by atoms with Crippen LogP contribution in [0, 0.1) is 11.7 Å². The van der Waals surface area contributed by atoms with Gasteiger partial charge in [0.2, 0.25) is 4.77 Å². The lowest BCUT2D eigenvalue weighted by molar-refractivity contribution is 0.241. The molecule has 0 aliphatic rings. The van der Waals surface area contributed by atoms with E-state index in [1.165, 1.54) is 0 Å². The van der Waals surface area contributed by atoms with Gasteiger partial charge in [-0.3, -0.25) is 4.90 Å². The van der Waals surface area contributed by atoms with Gasteiger partial charge in [-0.05, 0) is 84.1 Å². The van der Waals surface area contributed by atoms with E-state index in [1.807, 2.05) is 43.4 Å². The molecule has 0 atom stereocenters. The highest BCUT2D eigenvalue weighted by molar-refractivity contribution is 7.71. The zero-order valence-electron chi connectivity index (χ0n) is 17.2. The van der Waals surface area contributed by atoms with Crippen LogP contribution in [0.4, 0.5) is 0 Å².